The SMILES string of the molecule is Cc1ccccc1-c1ccc2c(c1)c1ccccc1n2-c1cc(-c2cccc(-c3ccccc3)n2)cc(-n2c3ccccc3c3cc(-c4ccccc4C)ccc32)c1C#N. The first-order valence-electron chi connectivity index (χ1n) is 20.4. The van der Waals surface area contributed by atoms with E-state index in [1.165, 1.54) is 22.3 Å². The number of fused-ring (bicyclic) bond motifs is 6. The molecule has 3 aromatic heterocycles. The van der Waals surface area contributed by atoms with Crippen LogP contribution in [0.1, 0.15) is 16.7 Å². The second kappa shape index (κ2) is 14.1. The van der Waals surface area contributed by atoms with E-state index in [4.69, 9.17) is 4.98 Å². The van der Waals surface area contributed by atoms with Crippen LogP contribution in [-0.2, 0) is 0 Å². The lowest BCUT2D eigenvalue weighted by molar-refractivity contribution is 1.12. The summed E-state index contributed by atoms with van der Waals surface area (Å²) >= 11 is 0. The average Bonchev–Trinajstić information content (AvgIpc) is 3.81. The van der Waals surface area contributed by atoms with Crippen molar-refractivity contribution >= 4 is 43.6 Å². The quantitative estimate of drug-likeness (QED) is 0.169. The first-order chi connectivity index (χ1) is 29.6. The van der Waals surface area contributed by atoms with Crippen molar-refractivity contribution in [1.82, 2.24) is 14.1 Å². The second-order valence-corrected chi connectivity index (χ2v) is 15.6. The Morgan fingerprint density at radius 1 is 0.383 bits per heavy atom. The van der Waals surface area contributed by atoms with Gasteiger partial charge in [0.25, 0.3) is 0 Å². The summed E-state index contributed by atoms with van der Waals surface area (Å²) in [6.45, 7) is 4.32. The van der Waals surface area contributed by atoms with Crippen molar-refractivity contribution in [2.24, 2.45) is 0 Å². The molecular formula is C56H38N4. The molecular weight excluding hydrogens is 729 g/mol. The van der Waals surface area contributed by atoms with Crippen molar-refractivity contribution in [3.05, 3.63) is 211 Å². The fourth-order valence-corrected chi connectivity index (χ4v) is 9.19. The third-order valence-electron chi connectivity index (χ3n) is 12.1. The van der Waals surface area contributed by atoms with E-state index in [0.29, 0.717) is 5.56 Å². The van der Waals surface area contributed by atoms with Crippen molar-refractivity contribution in [3.8, 4) is 62.2 Å². The standard InChI is InChI=1S/C56H38N4/c1-36-15-6-8-19-42(36)39-27-29-53-46(31-39)44-21-10-12-25-51(44)59(53)55-33-41(50-24-14-23-49(58-50)38-17-4-3-5-18-38)34-56(48(55)35-57)60-52-26-13-11-22-45(52)47-32-40(28-30-54(47)60)43-20-9-7-16-37(43)2/h3-34H,1-2H3. The van der Waals surface area contributed by atoms with Crippen LogP contribution < -0.4 is 0 Å². The molecule has 4 nitrogen and oxygen atoms in total. The smallest absolute Gasteiger partial charge is 0.104 e. The van der Waals surface area contributed by atoms with Crippen LogP contribution in [-0.4, -0.2) is 14.1 Å². The maximum atomic E-state index is 11.5. The van der Waals surface area contributed by atoms with Crippen LogP contribution in [0.25, 0.3) is 99.8 Å². The number of pyridine rings is 1. The molecule has 0 fully saturated rings. The van der Waals surface area contributed by atoms with Crippen LogP contribution in [0, 0.1) is 25.2 Å². The normalized spacial score (nSPS) is 11.5. The summed E-state index contributed by atoms with van der Waals surface area (Å²) in [6, 6.07) is 71.1. The van der Waals surface area contributed by atoms with E-state index in [1.54, 1.807) is 0 Å². The maximum Gasteiger partial charge on any atom is 0.104 e. The van der Waals surface area contributed by atoms with Crippen LogP contribution >= 0.6 is 0 Å². The van der Waals surface area contributed by atoms with Crippen molar-refractivity contribution < 1.29 is 0 Å². The number of hydrogen-bond acceptors (Lipinski definition) is 2. The largest absolute Gasteiger partial charge is 0.308 e. The summed E-state index contributed by atoms with van der Waals surface area (Å²) in [6.07, 6.45) is 0. The summed E-state index contributed by atoms with van der Waals surface area (Å²) in [4.78, 5) is 5.27. The number of nitriles is 1. The van der Waals surface area contributed by atoms with Crippen LogP contribution in [0.2, 0.25) is 0 Å². The highest BCUT2D eigenvalue weighted by atomic mass is 15.0. The van der Waals surface area contributed by atoms with Gasteiger partial charge in [-0.3, -0.25) is 0 Å². The van der Waals surface area contributed by atoms with Gasteiger partial charge in [0, 0.05) is 32.7 Å². The summed E-state index contributed by atoms with van der Waals surface area (Å²) < 4.78 is 4.56. The fourth-order valence-electron chi connectivity index (χ4n) is 9.19. The molecule has 60 heavy (non-hydrogen) atoms. The highest BCUT2D eigenvalue weighted by molar-refractivity contribution is 6.12. The Kier molecular flexibility index (Phi) is 8.28. The van der Waals surface area contributed by atoms with Gasteiger partial charge < -0.3 is 9.13 Å². The minimum atomic E-state index is 0.578. The number of aryl methyl sites for hydroxylation is 2. The molecule has 0 N–H and O–H groups in total. The Hall–Kier alpha value is -8.00. The molecule has 0 aliphatic carbocycles. The van der Waals surface area contributed by atoms with Gasteiger partial charge in [-0.05, 0) is 108 Å². The number of hydrogen-bond donors (Lipinski definition) is 0. The van der Waals surface area contributed by atoms with Crippen LogP contribution in [0.4, 0.5) is 0 Å². The number of para-hydroxylation sites is 2. The van der Waals surface area contributed by atoms with Crippen molar-refractivity contribution in [3.63, 3.8) is 0 Å². The predicted octanol–water partition coefficient (Wildman–Crippen LogP) is 14.4. The molecule has 3 heterocycles. The summed E-state index contributed by atoms with van der Waals surface area (Å²) in [5.41, 5.74) is 17.2. The van der Waals surface area contributed by atoms with E-state index in [0.717, 1.165) is 88.6 Å². The lowest BCUT2D eigenvalue weighted by atomic mass is 9.98. The Bertz CT molecular complexity index is 3340. The van der Waals surface area contributed by atoms with Crippen LogP contribution in [0.5, 0.6) is 0 Å². The Balaban J connectivity index is 1.23. The zero-order valence-corrected chi connectivity index (χ0v) is 33.3. The third-order valence-corrected chi connectivity index (χ3v) is 12.1. The molecule has 0 aliphatic heterocycles. The van der Waals surface area contributed by atoms with Crippen molar-refractivity contribution in [1.29, 1.82) is 5.26 Å². The van der Waals surface area contributed by atoms with Crippen LogP contribution in [0.15, 0.2) is 194 Å². The molecule has 0 unspecified atom stereocenters. The molecule has 0 atom stereocenters. The highest BCUT2D eigenvalue weighted by Crippen LogP contribution is 2.42. The molecule has 0 radical (unpaired) electrons. The second-order valence-electron chi connectivity index (χ2n) is 15.6. The molecule has 11 rings (SSSR count). The molecule has 0 saturated heterocycles. The minimum Gasteiger partial charge on any atom is -0.308 e. The molecule has 11 aromatic rings. The number of nitrogens with zero attached hydrogens (tertiary/aromatic N) is 4. The van der Waals surface area contributed by atoms with Gasteiger partial charge in [0.2, 0.25) is 0 Å². The molecule has 0 spiro atoms. The van der Waals surface area contributed by atoms with Gasteiger partial charge in [0.15, 0.2) is 0 Å². The van der Waals surface area contributed by atoms with Gasteiger partial charge in [-0.1, -0.05) is 133 Å². The van der Waals surface area contributed by atoms with E-state index < -0.39 is 0 Å². The monoisotopic (exact) mass is 766 g/mol. The van der Waals surface area contributed by atoms with Gasteiger partial charge in [-0.15, -0.1) is 0 Å². The van der Waals surface area contributed by atoms with Gasteiger partial charge >= 0.3 is 0 Å². The Morgan fingerprint density at radius 3 is 1.35 bits per heavy atom. The van der Waals surface area contributed by atoms with E-state index >= 15 is 0 Å². The molecule has 8 aromatic carbocycles. The molecule has 0 amide bonds. The topological polar surface area (TPSA) is 46.5 Å². The van der Waals surface area contributed by atoms with Crippen LogP contribution in [0.3, 0.4) is 0 Å². The lowest BCUT2D eigenvalue weighted by Gasteiger charge is -2.18. The van der Waals surface area contributed by atoms with Gasteiger partial charge in [-0.2, -0.15) is 5.26 Å². The maximum absolute atomic E-state index is 11.5. The predicted molar refractivity (Wildman–Crippen MR) is 249 cm³/mol. The molecule has 4 heteroatoms. The highest BCUT2D eigenvalue weighted by Gasteiger charge is 2.23. The first kappa shape index (κ1) is 35.2. The number of rotatable bonds is 6. The van der Waals surface area contributed by atoms with Gasteiger partial charge in [0.1, 0.15) is 11.6 Å². The molecule has 0 aliphatic rings. The van der Waals surface area contributed by atoms with E-state index in [2.05, 4.69) is 205 Å². The van der Waals surface area contributed by atoms with E-state index in [9.17, 15) is 5.26 Å². The van der Waals surface area contributed by atoms with Gasteiger partial charge in [-0.25, -0.2) is 4.98 Å². The van der Waals surface area contributed by atoms with Crippen molar-refractivity contribution in [2.75, 3.05) is 0 Å². The third kappa shape index (κ3) is 5.63. The zero-order chi connectivity index (χ0) is 40.3. The summed E-state index contributed by atoms with van der Waals surface area (Å²) in [7, 11) is 0. The van der Waals surface area contributed by atoms with E-state index in [-0.39, 0.29) is 0 Å². The van der Waals surface area contributed by atoms with Gasteiger partial charge in [0.05, 0.1) is 44.8 Å². The molecule has 0 bridgehead atoms. The molecule has 282 valence electrons. The minimum absolute atomic E-state index is 0.578. The Morgan fingerprint density at radius 2 is 0.833 bits per heavy atom. The first-order valence-corrected chi connectivity index (χ1v) is 20.4. The summed E-state index contributed by atoms with van der Waals surface area (Å²) in [5, 5.41) is 16.0. The average molecular weight is 767 g/mol. The lowest BCUT2D eigenvalue weighted by Crippen LogP contribution is -2.05. The van der Waals surface area contributed by atoms with E-state index in [1.807, 2.05) is 18.2 Å². The number of aromatic nitrogens is 3. The fraction of sp³-hybridized carbons (Fsp3) is 0.0357. The Labute approximate surface area is 348 Å². The summed E-state index contributed by atoms with van der Waals surface area (Å²) in [5.74, 6) is 0. The zero-order valence-electron chi connectivity index (χ0n) is 33.3. The van der Waals surface area contributed by atoms with Crippen molar-refractivity contribution in [2.45, 2.75) is 13.8 Å². The molecule has 0 saturated carbocycles. The number of benzene rings is 8.